The molecule has 0 bridgehead atoms. The van der Waals surface area contributed by atoms with Gasteiger partial charge < -0.3 is 4.90 Å². The van der Waals surface area contributed by atoms with Crippen LogP contribution in [0.4, 0.5) is 0 Å². The zero-order valence-electron chi connectivity index (χ0n) is 19.8. The monoisotopic (exact) mass is 464 g/mol. The Morgan fingerprint density at radius 1 is 0.771 bits per heavy atom. The van der Waals surface area contributed by atoms with Gasteiger partial charge in [-0.2, -0.15) is 5.10 Å². The molecule has 0 saturated carbocycles. The zero-order chi connectivity index (χ0) is 24.2. The van der Waals surface area contributed by atoms with E-state index in [1.54, 1.807) is 11.9 Å². The molecule has 176 valence electrons. The Hall–Kier alpha value is -4.03. The highest BCUT2D eigenvalue weighted by Crippen LogP contribution is 2.32. The van der Waals surface area contributed by atoms with Crippen LogP contribution >= 0.6 is 0 Å². The van der Waals surface area contributed by atoms with Crippen molar-refractivity contribution in [1.82, 2.24) is 19.6 Å². The van der Waals surface area contributed by atoms with Gasteiger partial charge in [0.15, 0.2) is 0 Å². The minimum absolute atomic E-state index is 0.184. The first-order valence-electron chi connectivity index (χ1n) is 11.9. The van der Waals surface area contributed by atoms with Gasteiger partial charge in [-0.05, 0) is 11.1 Å². The van der Waals surface area contributed by atoms with Gasteiger partial charge in [0, 0.05) is 50.9 Å². The minimum Gasteiger partial charge on any atom is -0.336 e. The van der Waals surface area contributed by atoms with Gasteiger partial charge >= 0.3 is 0 Å². The average Bonchev–Trinajstić information content (AvgIpc) is 2.91. The standard InChI is InChI=1S/C29H28N4O2/c1-31-28(34)26(29(35)33-19-17-32(18-20-33)21-22-11-5-2-6-12-22)25(23-13-7-3-8-14-23)27(30-31)24-15-9-4-10-16-24/h2-16H,17-21H2,1H3. The summed E-state index contributed by atoms with van der Waals surface area (Å²) in [5.41, 5.74) is 3.96. The van der Waals surface area contributed by atoms with Crippen molar-refractivity contribution < 1.29 is 4.79 Å². The third-order valence-corrected chi connectivity index (χ3v) is 6.48. The number of aryl methyl sites for hydroxylation is 1. The average molecular weight is 465 g/mol. The third-order valence-electron chi connectivity index (χ3n) is 6.48. The molecule has 1 fully saturated rings. The summed E-state index contributed by atoms with van der Waals surface area (Å²) in [5, 5.41) is 4.59. The number of carbonyl (C=O) groups is 1. The summed E-state index contributed by atoms with van der Waals surface area (Å²) in [5.74, 6) is -0.233. The zero-order valence-corrected chi connectivity index (χ0v) is 19.8. The Balaban J connectivity index is 1.50. The maximum absolute atomic E-state index is 13.9. The normalized spacial score (nSPS) is 14.1. The minimum atomic E-state index is -0.375. The van der Waals surface area contributed by atoms with Crippen LogP contribution in [0.3, 0.4) is 0 Å². The number of rotatable bonds is 5. The van der Waals surface area contributed by atoms with E-state index in [0.717, 1.165) is 30.8 Å². The van der Waals surface area contributed by atoms with Crippen LogP contribution in [0.1, 0.15) is 15.9 Å². The Bertz CT molecular complexity index is 1360. The second-order valence-electron chi connectivity index (χ2n) is 8.81. The topological polar surface area (TPSA) is 58.4 Å². The van der Waals surface area contributed by atoms with Gasteiger partial charge in [-0.3, -0.25) is 14.5 Å². The highest BCUT2D eigenvalue weighted by Gasteiger charge is 2.29. The number of nitrogens with zero attached hydrogens (tertiary/aromatic N) is 4. The van der Waals surface area contributed by atoms with Crippen molar-refractivity contribution >= 4 is 5.91 Å². The van der Waals surface area contributed by atoms with E-state index in [4.69, 9.17) is 0 Å². The molecular weight excluding hydrogens is 436 g/mol. The number of amides is 1. The lowest BCUT2D eigenvalue weighted by Crippen LogP contribution is -2.49. The second-order valence-corrected chi connectivity index (χ2v) is 8.81. The van der Waals surface area contributed by atoms with Crippen LogP contribution in [0.15, 0.2) is 95.8 Å². The summed E-state index contributed by atoms with van der Waals surface area (Å²) in [7, 11) is 1.61. The number of piperazine rings is 1. The van der Waals surface area contributed by atoms with E-state index in [2.05, 4.69) is 22.1 Å². The van der Waals surface area contributed by atoms with E-state index in [0.29, 0.717) is 24.3 Å². The van der Waals surface area contributed by atoms with Gasteiger partial charge in [0.1, 0.15) is 5.56 Å². The first-order chi connectivity index (χ1) is 17.1. The molecule has 1 aliphatic rings. The lowest BCUT2D eigenvalue weighted by molar-refractivity contribution is 0.0626. The molecule has 1 amide bonds. The van der Waals surface area contributed by atoms with Crippen molar-refractivity contribution in [3.05, 3.63) is 112 Å². The number of hydrogen-bond acceptors (Lipinski definition) is 4. The maximum Gasteiger partial charge on any atom is 0.280 e. The van der Waals surface area contributed by atoms with Gasteiger partial charge in [-0.15, -0.1) is 0 Å². The Morgan fingerprint density at radius 2 is 1.31 bits per heavy atom. The van der Waals surface area contributed by atoms with Crippen molar-refractivity contribution in [2.75, 3.05) is 26.2 Å². The first kappa shape index (κ1) is 22.7. The van der Waals surface area contributed by atoms with Crippen molar-refractivity contribution in [3.63, 3.8) is 0 Å². The third kappa shape index (κ3) is 4.79. The molecule has 0 spiro atoms. The Labute approximate surface area is 205 Å². The van der Waals surface area contributed by atoms with E-state index in [1.807, 2.05) is 78.9 Å². The van der Waals surface area contributed by atoms with Crippen molar-refractivity contribution in [3.8, 4) is 22.4 Å². The highest BCUT2D eigenvalue weighted by molar-refractivity contribution is 6.03. The predicted octanol–water partition coefficient (Wildman–Crippen LogP) is 4.07. The number of carbonyl (C=O) groups excluding carboxylic acids is 1. The molecule has 0 N–H and O–H groups in total. The Morgan fingerprint density at radius 3 is 1.91 bits per heavy atom. The molecule has 1 aliphatic heterocycles. The van der Waals surface area contributed by atoms with E-state index < -0.39 is 0 Å². The summed E-state index contributed by atoms with van der Waals surface area (Å²) >= 11 is 0. The van der Waals surface area contributed by atoms with Crippen molar-refractivity contribution in [2.24, 2.45) is 7.05 Å². The van der Waals surface area contributed by atoms with Crippen LogP contribution in [0.25, 0.3) is 22.4 Å². The number of benzene rings is 3. The van der Waals surface area contributed by atoms with Crippen LogP contribution in [0.5, 0.6) is 0 Å². The van der Waals surface area contributed by atoms with Gasteiger partial charge in [-0.25, -0.2) is 4.68 Å². The molecule has 0 unspecified atom stereocenters. The lowest BCUT2D eigenvalue weighted by Gasteiger charge is -2.35. The SMILES string of the molecule is Cn1nc(-c2ccccc2)c(-c2ccccc2)c(C(=O)N2CCN(Cc3ccccc3)CC2)c1=O. The smallest absolute Gasteiger partial charge is 0.280 e. The van der Waals surface area contributed by atoms with Gasteiger partial charge in [-0.1, -0.05) is 91.0 Å². The summed E-state index contributed by atoms with van der Waals surface area (Å²) in [6.07, 6.45) is 0. The number of hydrogen-bond donors (Lipinski definition) is 0. The summed E-state index contributed by atoms with van der Waals surface area (Å²) in [6.45, 7) is 3.53. The van der Waals surface area contributed by atoms with Crippen LogP contribution < -0.4 is 5.56 Å². The molecule has 6 nitrogen and oxygen atoms in total. The van der Waals surface area contributed by atoms with E-state index in [-0.39, 0.29) is 17.0 Å². The second kappa shape index (κ2) is 10.1. The summed E-state index contributed by atoms with van der Waals surface area (Å²) in [6, 6.07) is 29.7. The fourth-order valence-electron chi connectivity index (χ4n) is 4.62. The lowest BCUT2D eigenvalue weighted by atomic mass is 9.94. The molecule has 0 aliphatic carbocycles. The van der Waals surface area contributed by atoms with E-state index in [1.165, 1.54) is 10.2 Å². The molecule has 4 aromatic rings. The fraction of sp³-hybridized carbons (Fsp3) is 0.207. The molecule has 2 heterocycles. The predicted molar refractivity (Wildman–Crippen MR) is 138 cm³/mol. The Kier molecular flexibility index (Phi) is 6.55. The molecule has 35 heavy (non-hydrogen) atoms. The molecule has 0 radical (unpaired) electrons. The number of aromatic nitrogens is 2. The summed E-state index contributed by atoms with van der Waals surface area (Å²) in [4.78, 5) is 31.4. The molecule has 0 atom stereocenters. The molecule has 5 rings (SSSR count). The van der Waals surface area contributed by atoms with Gasteiger partial charge in [0.05, 0.1) is 5.69 Å². The summed E-state index contributed by atoms with van der Waals surface area (Å²) < 4.78 is 1.29. The highest BCUT2D eigenvalue weighted by atomic mass is 16.2. The van der Waals surface area contributed by atoms with Crippen LogP contribution in [-0.2, 0) is 13.6 Å². The maximum atomic E-state index is 13.9. The van der Waals surface area contributed by atoms with Gasteiger partial charge in [0.2, 0.25) is 0 Å². The van der Waals surface area contributed by atoms with Crippen molar-refractivity contribution in [1.29, 1.82) is 0 Å². The van der Waals surface area contributed by atoms with E-state index >= 15 is 0 Å². The van der Waals surface area contributed by atoms with E-state index in [9.17, 15) is 9.59 Å². The quantitative estimate of drug-likeness (QED) is 0.447. The largest absolute Gasteiger partial charge is 0.336 e. The fourth-order valence-corrected chi connectivity index (χ4v) is 4.62. The molecular formula is C29H28N4O2. The van der Waals surface area contributed by atoms with Crippen LogP contribution in [-0.4, -0.2) is 51.7 Å². The molecule has 6 heteroatoms. The first-order valence-corrected chi connectivity index (χ1v) is 11.9. The van der Waals surface area contributed by atoms with Crippen LogP contribution in [0.2, 0.25) is 0 Å². The molecule has 1 aromatic heterocycles. The van der Waals surface area contributed by atoms with Crippen LogP contribution in [0, 0.1) is 0 Å². The molecule has 1 saturated heterocycles. The van der Waals surface area contributed by atoms with Gasteiger partial charge in [0.25, 0.3) is 11.5 Å². The molecule has 3 aromatic carbocycles. The van der Waals surface area contributed by atoms with Crippen molar-refractivity contribution in [2.45, 2.75) is 6.54 Å².